The molecule has 4 rings (SSSR count). The smallest absolute Gasteiger partial charge is 0.295 e. The van der Waals surface area contributed by atoms with Crippen LogP contribution in [0.1, 0.15) is 40.4 Å². The number of benzene rings is 1. The minimum atomic E-state index is -0.457. The Bertz CT molecular complexity index is 1060. The zero-order valence-electron chi connectivity index (χ0n) is 16.9. The summed E-state index contributed by atoms with van der Waals surface area (Å²) in [7, 11) is 0. The van der Waals surface area contributed by atoms with Gasteiger partial charge in [0.1, 0.15) is 11.9 Å². The van der Waals surface area contributed by atoms with Gasteiger partial charge in [0.15, 0.2) is 0 Å². The van der Waals surface area contributed by atoms with Gasteiger partial charge in [0.2, 0.25) is 5.88 Å². The summed E-state index contributed by atoms with van der Waals surface area (Å²) in [5, 5.41) is 0.788. The van der Waals surface area contributed by atoms with Crippen LogP contribution in [0.15, 0.2) is 30.3 Å². The summed E-state index contributed by atoms with van der Waals surface area (Å²) >= 11 is 0. The van der Waals surface area contributed by atoms with Crippen LogP contribution in [0.5, 0.6) is 5.88 Å². The second-order valence-corrected chi connectivity index (χ2v) is 7.50. The van der Waals surface area contributed by atoms with E-state index in [2.05, 4.69) is 15.0 Å². The van der Waals surface area contributed by atoms with E-state index in [9.17, 15) is 9.59 Å². The molecule has 1 aliphatic rings. The molecule has 29 heavy (non-hydrogen) atoms. The number of nitrogens with one attached hydrogen (secondary N) is 1. The van der Waals surface area contributed by atoms with E-state index < -0.39 is 11.7 Å². The fraction of sp³-hybridized carbons (Fsp3) is 0.364. The molecular formula is C22H24N4O3. The van der Waals surface area contributed by atoms with Crippen LogP contribution in [-0.2, 0) is 4.79 Å². The van der Waals surface area contributed by atoms with Gasteiger partial charge >= 0.3 is 0 Å². The Balaban J connectivity index is 1.42. The van der Waals surface area contributed by atoms with Gasteiger partial charge in [0.25, 0.3) is 11.7 Å². The molecule has 0 spiro atoms. The number of amides is 1. The number of aromatic nitrogens is 3. The predicted molar refractivity (Wildman–Crippen MR) is 109 cm³/mol. The molecule has 0 saturated carbocycles. The third kappa shape index (κ3) is 3.85. The van der Waals surface area contributed by atoms with Gasteiger partial charge < -0.3 is 14.6 Å². The van der Waals surface area contributed by atoms with Crippen LogP contribution < -0.4 is 4.74 Å². The third-order valence-electron chi connectivity index (χ3n) is 5.27. The van der Waals surface area contributed by atoms with Crippen molar-refractivity contribution in [3.8, 4) is 5.88 Å². The Morgan fingerprint density at radius 2 is 1.83 bits per heavy atom. The number of nitrogens with zero attached hydrogens (tertiary/aromatic N) is 3. The summed E-state index contributed by atoms with van der Waals surface area (Å²) in [6.45, 7) is 6.53. The number of ketones is 1. The first-order chi connectivity index (χ1) is 13.9. The molecule has 1 fully saturated rings. The fourth-order valence-electron chi connectivity index (χ4n) is 3.91. The van der Waals surface area contributed by atoms with E-state index in [1.54, 1.807) is 4.90 Å². The lowest BCUT2D eigenvalue weighted by Crippen LogP contribution is -2.44. The number of aromatic amines is 1. The number of Topliss-reactive ketones (excluding diaryl/α,β-unsaturated/α-hetero) is 1. The minimum Gasteiger partial charge on any atom is -0.474 e. The summed E-state index contributed by atoms with van der Waals surface area (Å²) in [5.74, 6) is 0.323. The Kier molecular flexibility index (Phi) is 5.05. The minimum absolute atomic E-state index is 0.0299. The molecule has 0 aliphatic carbocycles. The predicted octanol–water partition coefficient (Wildman–Crippen LogP) is 3.14. The van der Waals surface area contributed by atoms with Crippen molar-refractivity contribution in [1.82, 2.24) is 19.9 Å². The highest BCUT2D eigenvalue weighted by Gasteiger charge is 2.30. The molecule has 7 nitrogen and oxygen atoms in total. The third-order valence-corrected chi connectivity index (χ3v) is 5.27. The topological polar surface area (TPSA) is 88.2 Å². The molecule has 150 valence electrons. The molecule has 1 saturated heterocycles. The molecular weight excluding hydrogens is 368 g/mol. The molecule has 1 N–H and O–H groups in total. The molecule has 7 heteroatoms. The number of carbonyl (C=O) groups excluding carboxylic acids is 2. The maximum absolute atomic E-state index is 12.9. The van der Waals surface area contributed by atoms with Crippen molar-refractivity contribution in [2.75, 3.05) is 13.1 Å². The number of hydrogen-bond acceptors (Lipinski definition) is 5. The standard InChI is InChI=1S/C22H24N4O3/c1-13-12-19(25-15(3)23-13)29-16-8-10-26(11-9-16)22(28)21(27)20-14(2)24-18-7-5-4-6-17(18)20/h4-7,12,16,24H,8-11H2,1-3H3. The zero-order chi connectivity index (χ0) is 20.5. The van der Waals surface area contributed by atoms with E-state index >= 15 is 0 Å². The van der Waals surface area contributed by atoms with Gasteiger partial charge in [-0.2, -0.15) is 4.98 Å². The first-order valence-corrected chi connectivity index (χ1v) is 9.82. The molecule has 0 unspecified atom stereocenters. The number of aryl methyl sites for hydroxylation is 3. The highest BCUT2D eigenvalue weighted by molar-refractivity contribution is 6.45. The SMILES string of the molecule is Cc1cc(OC2CCN(C(=O)C(=O)c3c(C)[nH]c4ccccc34)CC2)nc(C)n1. The van der Waals surface area contributed by atoms with Gasteiger partial charge in [0, 0.05) is 54.3 Å². The molecule has 3 aromatic rings. The fourth-order valence-corrected chi connectivity index (χ4v) is 3.91. The van der Waals surface area contributed by atoms with Gasteiger partial charge in [-0.1, -0.05) is 18.2 Å². The number of ether oxygens (including phenoxy) is 1. The highest BCUT2D eigenvalue weighted by atomic mass is 16.5. The van der Waals surface area contributed by atoms with Gasteiger partial charge in [-0.15, -0.1) is 0 Å². The number of hydrogen-bond donors (Lipinski definition) is 1. The molecule has 0 radical (unpaired) electrons. The van der Waals surface area contributed by atoms with Gasteiger partial charge in [-0.05, 0) is 26.8 Å². The van der Waals surface area contributed by atoms with E-state index in [4.69, 9.17) is 4.74 Å². The van der Waals surface area contributed by atoms with Crippen molar-refractivity contribution in [3.05, 3.63) is 53.1 Å². The average Bonchev–Trinajstić information content (AvgIpc) is 3.02. The molecule has 2 aromatic heterocycles. The monoisotopic (exact) mass is 392 g/mol. The van der Waals surface area contributed by atoms with Crippen molar-refractivity contribution in [1.29, 1.82) is 0 Å². The Morgan fingerprint density at radius 3 is 2.55 bits per heavy atom. The summed E-state index contributed by atoms with van der Waals surface area (Å²) < 4.78 is 5.98. The lowest BCUT2D eigenvalue weighted by atomic mass is 10.0. The number of H-pyrrole nitrogens is 1. The zero-order valence-corrected chi connectivity index (χ0v) is 16.9. The first kappa shape index (κ1) is 19.1. The maximum Gasteiger partial charge on any atom is 0.295 e. The van der Waals surface area contributed by atoms with Crippen LogP contribution in [0, 0.1) is 20.8 Å². The van der Waals surface area contributed by atoms with Crippen molar-refractivity contribution >= 4 is 22.6 Å². The van der Waals surface area contributed by atoms with Crippen LogP contribution in [0.4, 0.5) is 0 Å². The number of likely N-dealkylation sites (tertiary alicyclic amines) is 1. The van der Waals surface area contributed by atoms with Crippen LogP contribution >= 0.6 is 0 Å². The van der Waals surface area contributed by atoms with E-state index in [1.165, 1.54) is 0 Å². The average molecular weight is 392 g/mol. The van der Waals surface area contributed by atoms with Crippen LogP contribution in [0.25, 0.3) is 10.9 Å². The Morgan fingerprint density at radius 1 is 1.10 bits per heavy atom. The molecule has 3 heterocycles. The summed E-state index contributed by atoms with van der Waals surface area (Å²) in [6, 6.07) is 9.36. The van der Waals surface area contributed by atoms with Crippen LogP contribution in [-0.4, -0.2) is 50.7 Å². The summed E-state index contributed by atoms with van der Waals surface area (Å²) in [4.78, 5) is 39.1. The number of carbonyl (C=O) groups is 2. The second-order valence-electron chi connectivity index (χ2n) is 7.50. The largest absolute Gasteiger partial charge is 0.474 e. The van der Waals surface area contributed by atoms with Crippen LogP contribution in [0.3, 0.4) is 0 Å². The quantitative estimate of drug-likeness (QED) is 0.544. The molecule has 1 aromatic carbocycles. The van der Waals surface area contributed by atoms with Crippen LogP contribution in [0.2, 0.25) is 0 Å². The first-order valence-electron chi connectivity index (χ1n) is 9.82. The second kappa shape index (κ2) is 7.66. The number of fused-ring (bicyclic) bond motifs is 1. The lowest BCUT2D eigenvalue weighted by Gasteiger charge is -2.31. The van der Waals surface area contributed by atoms with E-state index in [-0.39, 0.29) is 6.10 Å². The Hall–Kier alpha value is -3.22. The maximum atomic E-state index is 12.9. The van der Waals surface area contributed by atoms with E-state index in [0.29, 0.717) is 43.2 Å². The number of piperidine rings is 1. The van der Waals surface area contributed by atoms with E-state index in [1.807, 2.05) is 51.1 Å². The number of para-hydroxylation sites is 1. The lowest BCUT2D eigenvalue weighted by molar-refractivity contribution is -0.128. The molecule has 1 amide bonds. The van der Waals surface area contributed by atoms with Gasteiger partial charge in [-0.3, -0.25) is 9.59 Å². The molecule has 1 aliphatic heterocycles. The number of rotatable bonds is 4. The van der Waals surface area contributed by atoms with Crippen molar-refractivity contribution in [3.63, 3.8) is 0 Å². The normalized spacial score (nSPS) is 14.9. The Labute approximate surface area is 169 Å². The highest BCUT2D eigenvalue weighted by Crippen LogP contribution is 2.24. The molecule has 0 atom stereocenters. The molecule has 0 bridgehead atoms. The summed E-state index contributed by atoms with van der Waals surface area (Å²) in [5.41, 5.74) is 2.91. The van der Waals surface area contributed by atoms with E-state index in [0.717, 1.165) is 22.3 Å². The van der Waals surface area contributed by atoms with Crippen molar-refractivity contribution < 1.29 is 14.3 Å². The van der Waals surface area contributed by atoms with Crippen molar-refractivity contribution in [2.45, 2.75) is 39.7 Å². The summed E-state index contributed by atoms with van der Waals surface area (Å²) in [6.07, 6.45) is 1.29. The van der Waals surface area contributed by atoms with Gasteiger partial charge in [0.05, 0.1) is 5.56 Å². The van der Waals surface area contributed by atoms with Crippen molar-refractivity contribution in [2.24, 2.45) is 0 Å². The van der Waals surface area contributed by atoms with Gasteiger partial charge in [-0.25, -0.2) is 4.98 Å².